The second-order valence-corrected chi connectivity index (χ2v) is 5.10. The van der Waals surface area contributed by atoms with Crippen molar-refractivity contribution in [2.24, 2.45) is 11.7 Å². The zero-order valence-electron chi connectivity index (χ0n) is 10.7. The van der Waals surface area contributed by atoms with Gasteiger partial charge in [0.05, 0.1) is 11.7 Å². The number of aromatic carboxylic acids is 1. The summed E-state index contributed by atoms with van der Waals surface area (Å²) in [6, 6.07) is 0.274. The van der Waals surface area contributed by atoms with Crippen LogP contribution in [0.4, 0.5) is 0 Å². The zero-order chi connectivity index (χ0) is 13.1. The maximum absolute atomic E-state index is 11.1. The van der Waals surface area contributed by atoms with Crippen molar-refractivity contribution in [1.82, 2.24) is 15.0 Å². The summed E-state index contributed by atoms with van der Waals surface area (Å²) in [5, 5.41) is 16.9. The number of nitrogens with two attached hydrogens (primary N) is 1. The number of carbonyl (C=O) groups is 1. The van der Waals surface area contributed by atoms with E-state index < -0.39 is 5.97 Å². The highest BCUT2D eigenvalue weighted by atomic mass is 16.4. The zero-order valence-corrected chi connectivity index (χ0v) is 10.7. The molecule has 100 valence electrons. The molecule has 1 aliphatic rings. The molecule has 0 amide bonds. The molecule has 6 heteroatoms. The average molecular weight is 252 g/mol. The smallest absolute Gasteiger partial charge is 0.358 e. The normalized spacial score (nSPS) is 24.1. The molecule has 1 aliphatic carbocycles. The SMILES string of the molecule is CC1CCCC(n2nnc(C(=O)O)c2CCN)C1. The Morgan fingerprint density at radius 3 is 2.94 bits per heavy atom. The van der Waals surface area contributed by atoms with Crippen LogP contribution >= 0.6 is 0 Å². The van der Waals surface area contributed by atoms with Crippen molar-refractivity contribution in [3.8, 4) is 0 Å². The van der Waals surface area contributed by atoms with Gasteiger partial charge in [-0.1, -0.05) is 25.0 Å². The van der Waals surface area contributed by atoms with Crippen LogP contribution in [0.3, 0.4) is 0 Å². The Kier molecular flexibility index (Phi) is 3.96. The van der Waals surface area contributed by atoms with Crippen LogP contribution in [0.2, 0.25) is 0 Å². The molecule has 0 aromatic carbocycles. The van der Waals surface area contributed by atoms with Crippen LogP contribution in [-0.2, 0) is 6.42 Å². The van der Waals surface area contributed by atoms with Gasteiger partial charge < -0.3 is 10.8 Å². The first-order valence-electron chi connectivity index (χ1n) is 6.51. The predicted molar refractivity (Wildman–Crippen MR) is 66.4 cm³/mol. The van der Waals surface area contributed by atoms with Gasteiger partial charge in [0.25, 0.3) is 0 Å². The van der Waals surface area contributed by atoms with E-state index in [-0.39, 0.29) is 11.7 Å². The Labute approximate surface area is 106 Å². The molecule has 0 radical (unpaired) electrons. The Balaban J connectivity index is 2.28. The maximum atomic E-state index is 11.1. The lowest BCUT2D eigenvalue weighted by atomic mass is 9.87. The Bertz CT molecular complexity index is 430. The van der Waals surface area contributed by atoms with Gasteiger partial charge in [-0.05, 0) is 25.3 Å². The van der Waals surface area contributed by atoms with Crippen LogP contribution < -0.4 is 5.73 Å². The van der Waals surface area contributed by atoms with E-state index in [0.29, 0.717) is 24.6 Å². The summed E-state index contributed by atoms with van der Waals surface area (Å²) in [5.41, 5.74) is 6.28. The van der Waals surface area contributed by atoms with Crippen LogP contribution in [0.5, 0.6) is 0 Å². The molecule has 1 heterocycles. The van der Waals surface area contributed by atoms with Crippen molar-refractivity contribution < 1.29 is 9.90 Å². The highest BCUT2D eigenvalue weighted by Crippen LogP contribution is 2.32. The molecular formula is C12H20N4O2. The van der Waals surface area contributed by atoms with E-state index in [1.165, 1.54) is 6.42 Å². The van der Waals surface area contributed by atoms with Gasteiger partial charge in [0, 0.05) is 6.42 Å². The third-order valence-electron chi connectivity index (χ3n) is 3.63. The van der Waals surface area contributed by atoms with Crippen LogP contribution in [0.15, 0.2) is 0 Å². The highest BCUT2D eigenvalue weighted by Gasteiger charge is 2.26. The highest BCUT2D eigenvalue weighted by molar-refractivity contribution is 5.86. The molecule has 1 saturated carbocycles. The number of hydrogen-bond donors (Lipinski definition) is 2. The molecule has 2 atom stereocenters. The fourth-order valence-electron chi connectivity index (χ4n) is 2.77. The minimum Gasteiger partial charge on any atom is -0.476 e. The van der Waals surface area contributed by atoms with E-state index in [0.717, 1.165) is 19.3 Å². The Morgan fingerprint density at radius 2 is 2.33 bits per heavy atom. The molecule has 0 saturated heterocycles. The van der Waals surface area contributed by atoms with Gasteiger partial charge in [0.15, 0.2) is 5.69 Å². The topological polar surface area (TPSA) is 94.0 Å². The summed E-state index contributed by atoms with van der Waals surface area (Å²) < 4.78 is 1.80. The Hall–Kier alpha value is -1.43. The van der Waals surface area contributed by atoms with Gasteiger partial charge >= 0.3 is 5.97 Å². The van der Waals surface area contributed by atoms with Gasteiger partial charge in [-0.15, -0.1) is 5.10 Å². The van der Waals surface area contributed by atoms with Crippen molar-refractivity contribution in [3.05, 3.63) is 11.4 Å². The molecule has 6 nitrogen and oxygen atoms in total. The first kappa shape index (κ1) is 13.0. The van der Waals surface area contributed by atoms with Crippen LogP contribution in [-0.4, -0.2) is 32.6 Å². The molecule has 1 fully saturated rings. The lowest BCUT2D eigenvalue weighted by molar-refractivity contribution is 0.0689. The maximum Gasteiger partial charge on any atom is 0.358 e. The van der Waals surface area contributed by atoms with Gasteiger partial charge in [-0.3, -0.25) is 0 Å². The number of hydrogen-bond acceptors (Lipinski definition) is 4. The quantitative estimate of drug-likeness (QED) is 0.840. The molecule has 2 rings (SSSR count). The first-order valence-corrected chi connectivity index (χ1v) is 6.51. The number of rotatable bonds is 4. The van der Waals surface area contributed by atoms with Crippen molar-refractivity contribution in [2.75, 3.05) is 6.54 Å². The molecule has 1 aromatic heterocycles. The fraction of sp³-hybridized carbons (Fsp3) is 0.750. The monoisotopic (exact) mass is 252 g/mol. The molecule has 18 heavy (non-hydrogen) atoms. The van der Waals surface area contributed by atoms with E-state index in [4.69, 9.17) is 10.8 Å². The molecule has 0 spiro atoms. The number of carboxylic acid groups (broad SMARTS) is 1. The van der Waals surface area contributed by atoms with E-state index in [1.54, 1.807) is 4.68 Å². The molecule has 0 aliphatic heterocycles. The van der Waals surface area contributed by atoms with E-state index in [1.807, 2.05) is 0 Å². The van der Waals surface area contributed by atoms with Crippen LogP contribution in [0.25, 0.3) is 0 Å². The molecule has 1 aromatic rings. The van der Waals surface area contributed by atoms with Gasteiger partial charge in [0.2, 0.25) is 0 Å². The van der Waals surface area contributed by atoms with E-state index in [9.17, 15) is 4.79 Å². The summed E-state index contributed by atoms with van der Waals surface area (Å²) in [6.45, 7) is 2.64. The summed E-state index contributed by atoms with van der Waals surface area (Å²) in [6.07, 6.45) is 5.00. The second kappa shape index (κ2) is 5.48. The van der Waals surface area contributed by atoms with E-state index in [2.05, 4.69) is 17.2 Å². The number of aromatic nitrogens is 3. The van der Waals surface area contributed by atoms with Crippen molar-refractivity contribution in [2.45, 2.75) is 45.1 Å². The van der Waals surface area contributed by atoms with Crippen LogP contribution in [0, 0.1) is 5.92 Å². The number of nitrogens with zero attached hydrogens (tertiary/aromatic N) is 3. The average Bonchev–Trinajstić information content (AvgIpc) is 2.73. The Morgan fingerprint density at radius 1 is 1.56 bits per heavy atom. The first-order chi connectivity index (χ1) is 8.63. The van der Waals surface area contributed by atoms with E-state index >= 15 is 0 Å². The molecule has 0 bridgehead atoms. The third-order valence-corrected chi connectivity index (χ3v) is 3.63. The van der Waals surface area contributed by atoms with Crippen LogP contribution in [0.1, 0.15) is 54.8 Å². The molecule has 3 N–H and O–H groups in total. The summed E-state index contributed by atoms with van der Waals surface area (Å²) in [5.74, 6) is -0.361. The van der Waals surface area contributed by atoms with Crippen molar-refractivity contribution in [1.29, 1.82) is 0 Å². The van der Waals surface area contributed by atoms with Crippen molar-refractivity contribution in [3.63, 3.8) is 0 Å². The lowest BCUT2D eigenvalue weighted by Gasteiger charge is -2.27. The second-order valence-electron chi connectivity index (χ2n) is 5.10. The number of carboxylic acids is 1. The van der Waals surface area contributed by atoms with Gasteiger partial charge in [-0.25, -0.2) is 9.48 Å². The summed E-state index contributed by atoms with van der Waals surface area (Å²) in [7, 11) is 0. The fourth-order valence-corrected chi connectivity index (χ4v) is 2.77. The van der Waals surface area contributed by atoms with Gasteiger partial charge in [-0.2, -0.15) is 0 Å². The molecular weight excluding hydrogens is 232 g/mol. The minimum atomic E-state index is -1.02. The molecule has 2 unspecified atom stereocenters. The minimum absolute atomic E-state index is 0.0543. The lowest BCUT2D eigenvalue weighted by Crippen LogP contribution is -2.22. The standard InChI is InChI=1S/C12H20N4O2/c1-8-3-2-4-9(7-8)16-10(5-6-13)11(12(17)18)14-15-16/h8-9H,2-7,13H2,1H3,(H,17,18). The predicted octanol–water partition coefficient (Wildman–Crippen LogP) is 1.23. The summed E-state index contributed by atoms with van der Waals surface area (Å²) >= 11 is 0. The third kappa shape index (κ3) is 2.53. The van der Waals surface area contributed by atoms with Gasteiger partial charge in [0.1, 0.15) is 0 Å². The van der Waals surface area contributed by atoms with Crippen molar-refractivity contribution >= 4 is 5.97 Å². The largest absolute Gasteiger partial charge is 0.476 e. The summed E-state index contributed by atoms with van der Waals surface area (Å²) in [4.78, 5) is 11.1.